The van der Waals surface area contributed by atoms with Crippen molar-refractivity contribution in [1.82, 2.24) is 10.2 Å². The van der Waals surface area contributed by atoms with E-state index < -0.39 is 0 Å². The molecule has 0 aliphatic rings. The number of anilines is 1. The van der Waals surface area contributed by atoms with Crippen LogP contribution in [0.3, 0.4) is 0 Å². The van der Waals surface area contributed by atoms with Gasteiger partial charge in [0.05, 0.1) is 18.9 Å². The van der Waals surface area contributed by atoms with Crippen LogP contribution in [0.1, 0.15) is 26.7 Å². The molecule has 2 aromatic rings. The summed E-state index contributed by atoms with van der Waals surface area (Å²) in [7, 11) is 0. The molecule has 5 heteroatoms. The Balaban J connectivity index is 2.28. The Kier molecular flexibility index (Phi) is 5.37. The van der Waals surface area contributed by atoms with Gasteiger partial charge < -0.3 is 15.2 Å². The highest BCUT2D eigenvalue weighted by molar-refractivity contribution is 5.64. The summed E-state index contributed by atoms with van der Waals surface area (Å²) in [6, 6.07) is 9.36. The highest BCUT2D eigenvalue weighted by Gasteiger charge is 2.09. The van der Waals surface area contributed by atoms with Crippen molar-refractivity contribution >= 4 is 5.82 Å². The molecule has 5 nitrogen and oxygen atoms in total. The van der Waals surface area contributed by atoms with Crippen LogP contribution in [0, 0.1) is 0 Å². The van der Waals surface area contributed by atoms with Gasteiger partial charge in [0.2, 0.25) is 0 Å². The topological polar surface area (TPSA) is 70.3 Å². The number of hydrogen-bond donors (Lipinski definition) is 1. The molecule has 0 aliphatic heterocycles. The zero-order valence-electron chi connectivity index (χ0n) is 12.5. The van der Waals surface area contributed by atoms with Crippen LogP contribution in [0.5, 0.6) is 11.5 Å². The molecule has 21 heavy (non-hydrogen) atoms. The van der Waals surface area contributed by atoms with E-state index in [9.17, 15) is 0 Å². The molecule has 1 aromatic carbocycles. The van der Waals surface area contributed by atoms with Crippen molar-refractivity contribution in [3.63, 3.8) is 0 Å². The second kappa shape index (κ2) is 7.47. The number of aromatic nitrogens is 2. The van der Waals surface area contributed by atoms with E-state index in [0.717, 1.165) is 35.6 Å². The van der Waals surface area contributed by atoms with E-state index in [1.54, 1.807) is 6.07 Å². The maximum Gasteiger partial charge on any atom is 0.161 e. The summed E-state index contributed by atoms with van der Waals surface area (Å²) >= 11 is 0. The summed E-state index contributed by atoms with van der Waals surface area (Å²) in [5.41, 5.74) is 7.25. The van der Waals surface area contributed by atoms with Crippen LogP contribution in [0.2, 0.25) is 0 Å². The van der Waals surface area contributed by atoms with Gasteiger partial charge in [-0.25, -0.2) is 0 Å². The first kappa shape index (κ1) is 15.1. The van der Waals surface area contributed by atoms with Crippen LogP contribution in [0.25, 0.3) is 11.3 Å². The van der Waals surface area contributed by atoms with Gasteiger partial charge in [-0.2, -0.15) is 0 Å². The molecule has 0 spiro atoms. The first-order chi connectivity index (χ1) is 10.2. The molecule has 0 radical (unpaired) electrons. The summed E-state index contributed by atoms with van der Waals surface area (Å²) in [5, 5.41) is 7.97. The van der Waals surface area contributed by atoms with Crippen molar-refractivity contribution < 1.29 is 9.47 Å². The van der Waals surface area contributed by atoms with Gasteiger partial charge in [0.1, 0.15) is 5.82 Å². The Bertz CT molecular complexity index is 570. The molecule has 1 aromatic heterocycles. The number of nitrogens with zero attached hydrogens (tertiary/aromatic N) is 2. The van der Waals surface area contributed by atoms with Gasteiger partial charge in [-0.05, 0) is 43.2 Å². The minimum Gasteiger partial charge on any atom is -0.490 e. The summed E-state index contributed by atoms with van der Waals surface area (Å²) in [6.45, 7) is 5.47. The molecule has 0 amide bonds. The molecule has 0 bridgehead atoms. The molecule has 0 unspecified atom stereocenters. The summed E-state index contributed by atoms with van der Waals surface area (Å²) < 4.78 is 11.5. The molecule has 2 rings (SSSR count). The van der Waals surface area contributed by atoms with Gasteiger partial charge in [0, 0.05) is 5.56 Å². The number of hydrogen-bond acceptors (Lipinski definition) is 5. The molecule has 0 fully saturated rings. The van der Waals surface area contributed by atoms with Crippen molar-refractivity contribution in [2.75, 3.05) is 18.9 Å². The van der Waals surface area contributed by atoms with Gasteiger partial charge in [-0.1, -0.05) is 13.8 Å². The van der Waals surface area contributed by atoms with E-state index in [2.05, 4.69) is 24.0 Å². The average molecular weight is 287 g/mol. The third-order valence-corrected chi connectivity index (χ3v) is 2.85. The minimum atomic E-state index is 0.407. The summed E-state index contributed by atoms with van der Waals surface area (Å²) in [5.74, 6) is 1.91. The summed E-state index contributed by atoms with van der Waals surface area (Å²) in [6.07, 6.45) is 1.90. The quantitative estimate of drug-likeness (QED) is 0.846. The van der Waals surface area contributed by atoms with Crippen molar-refractivity contribution in [3.05, 3.63) is 30.3 Å². The molecule has 112 valence electrons. The Hall–Kier alpha value is -2.30. The minimum absolute atomic E-state index is 0.407. The molecular weight excluding hydrogens is 266 g/mol. The summed E-state index contributed by atoms with van der Waals surface area (Å²) in [4.78, 5) is 0. The van der Waals surface area contributed by atoms with E-state index >= 15 is 0 Å². The fourth-order valence-electron chi connectivity index (χ4n) is 1.82. The van der Waals surface area contributed by atoms with Gasteiger partial charge in [-0.15, -0.1) is 10.2 Å². The molecule has 0 aliphatic carbocycles. The largest absolute Gasteiger partial charge is 0.490 e. The van der Waals surface area contributed by atoms with Crippen LogP contribution < -0.4 is 15.2 Å². The zero-order chi connectivity index (χ0) is 15.1. The molecule has 2 N–H and O–H groups in total. The maximum atomic E-state index is 5.77. The number of rotatable bonds is 7. The number of nitrogen functional groups attached to an aromatic ring is 1. The zero-order valence-corrected chi connectivity index (χ0v) is 12.5. The predicted molar refractivity (Wildman–Crippen MR) is 83.5 cm³/mol. The number of nitrogens with two attached hydrogens (primary N) is 1. The second-order valence-corrected chi connectivity index (χ2v) is 4.70. The first-order valence-electron chi connectivity index (χ1n) is 7.23. The lowest BCUT2D eigenvalue weighted by atomic mass is 10.1. The van der Waals surface area contributed by atoms with E-state index in [0.29, 0.717) is 19.0 Å². The highest BCUT2D eigenvalue weighted by atomic mass is 16.5. The lowest BCUT2D eigenvalue weighted by molar-refractivity contribution is 0.268. The number of ether oxygens (including phenoxy) is 2. The smallest absolute Gasteiger partial charge is 0.161 e. The third-order valence-electron chi connectivity index (χ3n) is 2.85. The molecule has 0 atom stereocenters. The molecular formula is C16H21N3O2. The van der Waals surface area contributed by atoms with Gasteiger partial charge in [-0.3, -0.25) is 0 Å². The Morgan fingerprint density at radius 2 is 1.62 bits per heavy atom. The van der Waals surface area contributed by atoms with E-state index in [4.69, 9.17) is 15.2 Å². The van der Waals surface area contributed by atoms with Crippen LogP contribution in [0.4, 0.5) is 5.82 Å². The average Bonchev–Trinajstić information content (AvgIpc) is 2.52. The fraction of sp³-hybridized carbons (Fsp3) is 0.375. The van der Waals surface area contributed by atoms with Crippen LogP contribution in [0.15, 0.2) is 30.3 Å². The van der Waals surface area contributed by atoms with Gasteiger partial charge >= 0.3 is 0 Å². The standard InChI is InChI=1S/C16H21N3O2/c1-3-9-20-14-7-5-12(11-15(14)21-10-4-2)13-6-8-16(17)19-18-13/h5-8,11H,3-4,9-10H2,1-2H3,(H2,17,19). The van der Waals surface area contributed by atoms with Crippen LogP contribution in [-0.4, -0.2) is 23.4 Å². The van der Waals surface area contributed by atoms with E-state index in [-0.39, 0.29) is 0 Å². The Morgan fingerprint density at radius 1 is 0.905 bits per heavy atom. The normalized spacial score (nSPS) is 10.4. The lowest BCUT2D eigenvalue weighted by Gasteiger charge is -2.13. The van der Waals surface area contributed by atoms with Crippen molar-refractivity contribution in [2.45, 2.75) is 26.7 Å². The molecule has 1 heterocycles. The molecule has 0 saturated carbocycles. The Morgan fingerprint density at radius 3 is 2.24 bits per heavy atom. The van der Waals surface area contributed by atoms with Crippen LogP contribution in [-0.2, 0) is 0 Å². The SMILES string of the molecule is CCCOc1ccc(-c2ccc(N)nn2)cc1OCCC. The Labute approximate surface area is 125 Å². The van der Waals surface area contributed by atoms with Crippen molar-refractivity contribution in [2.24, 2.45) is 0 Å². The van der Waals surface area contributed by atoms with E-state index in [1.165, 1.54) is 0 Å². The van der Waals surface area contributed by atoms with Crippen molar-refractivity contribution in [1.29, 1.82) is 0 Å². The fourth-order valence-corrected chi connectivity index (χ4v) is 1.82. The second-order valence-electron chi connectivity index (χ2n) is 4.70. The van der Waals surface area contributed by atoms with Crippen LogP contribution >= 0.6 is 0 Å². The first-order valence-corrected chi connectivity index (χ1v) is 7.23. The van der Waals surface area contributed by atoms with E-state index in [1.807, 2.05) is 24.3 Å². The lowest BCUT2D eigenvalue weighted by Crippen LogP contribution is -2.01. The molecule has 0 saturated heterocycles. The highest BCUT2D eigenvalue weighted by Crippen LogP contribution is 2.32. The van der Waals surface area contributed by atoms with Crippen molar-refractivity contribution in [3.8, 4) is 22.8 Å². The third kappa shape index (κ3) is 4.08. The monoisotopic (exact) mass is 287 g/mol. The maximum absolute atomic E-state index is 5.77. The van der Waals surface area contributed by atoms with Gasteiger partial charge in [0.15, 0.2) is 11.5 Å². The predicted octanol–water partition coefficient (Wildman–Crippen LogP) is 3.30. The number of benzene rings is 1. The van der Waals surface area contributed by atoms with Gasteiger partial charge in [0.25, 0.3) is 0 Å².